The Bertz CT molecular complexity index is 844. The second-order valence-electron chi connectivity index (χ2n) is 5.35. The number of hydrogen-bond donors (Lipinski definition) is 2. The van der Waals surface area contributed by atoms with Crippen molar-refractivity contribution in [3.8, 4) is 17.1 Å². The van der Waals surface area contributed by atoms with E-state index in [1.165, 1.54) is 0 Å². The molecule has 2 aromatic carbocycles. The minimum Gasteiger partial charge on any atom is -0.497 e. The van der Waals surface area contributed by atoms with Crippen LogP contribution < -0.4 is 10.1 Å². The largest absolute Gasteiger partial charge is 0.497 e. The molecule has 25 heavy (non-hydrogen) atoms. The van der Waals surface area contributed by atoms with Gasteiger partial charge in [-0.3, -0.25) is 9.89 Å². The number of carbonyl (C=O) groups excluding carboxylic acids is 1. The molecule has 128 valence electrons. The van der Waals surface area contributed by atoms with Crippen LogP contribution in [0.4, 0.5) is 0 Å². The maximum Gasteiger partial charge on any atom is 0.251 e. The molecule has 3 aromatic rings. The Kier molecular flexibility index (Phi) is 5.30. The van der Waals surface area contributed by atoms with Gasteiger partial charge in [-0.05, 0) is 48.5 Å². The van der Waals surface area contributed by atoms with Crippen LogP contribution >= 0.6 is 11.6 Å². The Labute approximate surface area is 150 Å². The van der Waals surface area contributed by atoms with Gasteiger partial charge in [0.25, 0.3) is 5.91 Å². The highest BCUT2D eigenvalue weighted by molar-refractivity contribution is 6.30. The molecule has 0 spiro atoms. The molecule has 1 aromatic heterocycles. The van der Waals surface area contributed by atoms with Gasteiger partial charge in [0.2, 0.25) is 0 Å². The fourth-order valence-corrected chi connectivity index (χ4v) is 2.40. The van der Waals surface area contributed by atoms with E-state index in [2.05, 4.69) is 20.5 Å². The normalized spacial score (nSPS) is 10.5. The number of amides is 1. The summed E-state index contributed by atoms with van der Waals surface area (Å²) in [5, 5.41) is 10.5. The van der Waals surface area contributed by atoms with E-state index < -0.39 is 0 Å². The number of aromatic amines is 1. The molecule has 0 saturated carbocycles. The standard InChI is InChI=1S/C18H17ClN4O2/c1-25-15-8-4-12(5-9-15)17-21-16(22-23-17)10-11-20-18(24)13-2-6-14(19)7-3-13/h2-9H,10-11H2,1H3,(H,20,24)(H,21,22,23). The van der Waals surface area contributed by atoms with Crippen LogP contribution in [0.2, 0.25) is 5.02 Å². The smallest absolute Gasteiger partial charge is 0.251 e. The first-order valence-electron chi connectivity index (χ1n) is 7.75. The molecule has 3 rings (SSSR count). The van der Waals surface area contributed by atoms with Crippen LogP contribution in [0.3, 0.4) is 0 Å². The number of methoxy groups -OCH3 is 1. The Hall–Kier alpha value is -2.86. The average molecular weight is 357 g/mol. The van der Waals surface area contributed by atoms with Gasteiger partial charge in [0.1, 0.15) is 11.6 Å². The van der Waals surface area contributed by atoms with E-state index in [0.29, 0.717) is 35.2 Å². The van der Waals surface area contributed by atoms with Crippen molar-refractivity contribution < 1.29 is 9.53 Å². The molecular formula is C18H17ClN4O2. The summed E-state index contributed by atoms with van der Waals surface area (Å²) in [6, 6.07) is 14.3. The van der Waals surface area contributed by atoms with Crippen LogP contribution in [0.1, 0.15) is 16.2 Å². The summed E-state index contributed by atoms with van der Waals surface area (Å²) in [6.07, 6.45) is 0.558. The van der Waals surface area contributed by atoms with Gasteiger partial charge in [0.15, 0.2) is 5.82 Å². The number of aromatic nitrogens is 3. The first-order chi connectivity index (χ1) is 12.2. The monoisotopic (exact) mass is 356 g/mol. The molecule has 0 atom stereocenters. The second kappa shape index (κ2) is 7.81. The molecule has 0 aliphatic carbocycles. The zero-order valence-electron chi connectivity index (χ0n) is 13.6. The van der Waals surface area contributed by atoms with E-state index in [1.807, 2.05) is 24.3 Å². The first kappa shape index (κ1) is 17.0. The predicted molar refractivity (Wildman–Crippen MR) is 95.9 cm³/mol. The van der Waals surface area contributed by atoms with Gasteiger partial charge in [0.05, 0.1) is 7.11 Å². The lowest BCUT2D eigenvalue weighted by Crippen LogP contribution is -2.25. The minimum atomic E-state index is -0.147. The lowest BCUT2D eigenvalue weighted by atomic mass is 10.2. The van der Waals surface area contributed by atoms with Crippen molar-refractivity contribution in [3.63, 3.8) is 0 Å². The molecule has 0 unspecified atom stereocenters. The molecule has 7 heteroatoms. The van der Waals surface area contributed by atoms with Crippen molar-refractivity contribution in [1.29, 1.82) is 0 Å². The van der Waals surface area contributed by atoms with Gasteiger partial charge >= 0.3 is 0 Å². The van der Waals surface area contributed by atoms with Crippen molar-refractivity contribution in [2.45, 2.75) is 6.42 Å². The molecule has 0 saturated heterocycles. The van der Waals surface area contributed by atoms with Crippen molar-refractivity contribution in [3.05, 3.63) is 64.9 Å². The lowest BCUT2D eigenvalue weighted by Gasteiger charge is -2.03. The van der Waals surface area contributed by atoms with Crippen LogP contribution in [0, 0.1) is 0 Å². The van der Waals surface area contributed by atoms with Gasteiger partial charge in [0, 0.05) is 29.1 Å². The van der Waals surface area contributed by atoms with Crippen LogP contribution in [0.15, 0.2) is 48.5 Å². The van der Waals surface area contributed by atoms with Crippen molar-refractivity contribution in [2.24, 2.45) is 0 Å². The molecule has 0 radical (unpaired) electrons. The first-order valence-corrected chi connectivity index (χ1v) is 8.13. The number of benzene rings is 2. The number of nitrogens with zero attached hydrogens (tertiary/aromatic N) is 2. The summed E-state index contributed by atoms with van der Waals surface area (Å²) in [6.45, 7) is 0.457. The number of halogens is 1. The Morgan fingerprint density at radius 2 is 1.88 bits per heavy atom. The lowest BCUT2D eigenvalue weighted by molar-refractivity contribution is 0.0954. The number of carbonyl (C=O) groups is 1. The molecule has 2 N–H and O–H groups in total. The third-order valence-electron chi connectivity index (χ3n) is 3.63. The zero-order chi connectivity index (χ0) is 17.6. The molecular weight excluding hydrogens is 340 g/mol. The highest BCUT2D eigenvalue weighted by atomic mass is 35.5. The molecule has 0 aliphatic heterocycles. The quantitative estimate of drug-likeness (QED) is 0.711. The fourth-order valence-electron chi connectivity index (χ4n) is 2.27. The molecule has 0 bridgehead atoms. The summed E-state index contributed by atoms with van der Waals surface area (Å²) in [5.74, 6) is 1.96. The van der Waals surface area contributed by atoms with Crippen LogP contribution in [-0.2, 0) is 6.42 Å². The van der Waals surface area contributed by atoms with Gasteiger partial charge in [-0.15, -0.1) is 0 Å². The number of ether oxygens (including phenoxy) is 1. The van der Waals surface area contributed by atoms with E-state index in [4.69, 9.17) is 16.3 Å². The van der Waals surface area contributed by atoms with E-state index in [0.717, 1.165) is 11.3 Å². The second-order valence-corrected chi connectivity index (χ2v) is 5.78. The highest BCUT2D eigenvalue weighted by Crippen LogP contribution is 2.18. The molecule has 0 aliphatic rings. The van der Waals surface area contributed by atoms with Crippen molar-refractivity contribution in [1.82, 2.24) is 20.5 Å². The molecule has 1 heterocycles. The van der Waals surface area contributed by atoms with Gasteiger partial charge in [-0.1, -0.05) is 11.6 Å². The SMILES string of the molecule is COc1ccc(-c2n[nH]c(CCNC(=O)c3ccc(Cl)cc3)n2)cc1. The van der Waals surface area contributed by atoms with Gasteiger partial charge in [-0.25, -0.2) is 4.98 Å². The molecule has 0 fully saturated rings. The molecule has 1 amide bonds. The highest BCUT2D eigenvalue weighted by Gasteiger charge is 2.08. The summed E-state index contributed by atoms with van der Waals surface area (Å²) in [7, 11) is 1.62. The van der Waals surface area contributed by atoms with Crippen LogP contribution in [0.5, 0.6) is 5.75 Å². The average Bonchev–Trinajstić information content (AvgIpc) is 3.11. The topological polar surface area (TPSA) is 79.9 Å². The van der Waals surface area contributed by atoms with Crippen molar-refractivity contribution >= 4 is 17.5 Å². The number of hydrogen-bond acceptors (Lipinski definition) is 4. The molecule has 6 nitrogen and oxygen atoms in total. The van der Waals surface area contributed by atoms with Gasteiger partial charge in [-0.2, -0.15) is 5.10 Å². The Morgan fingerprint density at radius 3 is 2.56 bits per heavy atom. The summed E-state index contributed by atoms with van der Waals surface area (Å²) >= 11 is 5.81. The van der Waals surface area contributed by atoms with Crippen LogP contribution in [-0.4, -0.2) is 34.7 Å². The van der Waals surface area contributed by atoms with Crippen molar-refractivity contribution in [2.75, 3.05) is 13.7 Å². The summed E-state index contributed by atoms with van der Waals surface area (Å²) in [4.78, 5) is 16.5. The fraction of sp³-hybridized carbons (Fsp3) is 0.167. The number of H-pyrrole nitrogens is 1. The predicted octanol–water partition coefficient (Wildman–Crippen LogP) is 3.11. The summed E-state index contributed by atoms with van der Waals surface area (Å²) < 4.78 is 5.13. The van der Waals surface area contributed by atoms with Crippen LogP contribution in [0.25, 0.3) is 11.4 Å². The third kappa shape index (κ3) is 4.36. The minimum absolute atomic E-state index is 0.147. The Morgan fingerprint density at radius 1 is 1.16 bits per heavy atom. The third-order valence-corrected chi connectivity index (χ3v) is 3.89. The maximum absolute atomic E-state index is 12.0. The Balaban J connectivity index is 1.54. The van der Waals surface area contributed by atoms with E-state index in [1.54, 1.807) is 31.4 Å². The van der Waals surface area contributed by atoms with E-state index in [-0.39, 0.29) is 5.91 Å². The number of nitrogens with one attached hydrogen (secondary N) is 2. The maximum atomic E-state index is 12.0. The van der Waals surface area contributed by atoms with E-state index in [9.17, 15) is 4.79 Å². The number of rotatable bonds is 6. The zero-order valence-corrected chi connectivity index (χ0v) is 14.4. The summed E-state index contributed by atoms with van der Waals surface area (Å²) in [5.41, 5.74) is 1.47. The van der Waals surface area contributed by atoms with E-state index >= 15 is 0 Å². The van der Waals surface area contributed by atoms with Gasteiger partial charge < -0.3 is 10.1 Å².